The molecule has 1 N–H and O–H groups in total. The van der Waals surface area contributed by atoms with Gasteiger partial charge in [0.05, 0.1) is 18.5 Å². The number of nitrogens with zero attached hydrogens (tertiary/aromatic N) is 1. The number of hydrogen-bond donors (Lipinski definition) is 1. The number of anilines is 1. The van der Waals surface area contributed by atoms with Gasteiger partial charge in [0.25, 0.3) is 5.91 Å². The first kappa shape index (κ1) is 21.9. The Balaban J connectivity index is 1.70. The van der Waals surface area contributed by atoms with Crippen LogP contribution in [0.25, 0.3) is 0 Å². The molecule has 156 valence electrons. The summed E-state index contributed by atoms with van der Waals surface area (Å²) in [5.41, 5.74) is 3.94. The number of benzene rings is 3. The maximum atomic E-state index is 12.4. The van der Waals surface area contributed by atoms with E-state index in [1.54, 1.807) is 48.5 Å². The van der Waals surface area contributed by atoms with Gasteiger partial charge in [-0.3, -0.25) is 9.10 Å². The van der Waals surface area contributed by atoms with Crippen molar-refractivity contribution in [3.8, 4) is 0 Å². The fraction of sp³-hybridized carbons (Fsp3) is 0.174. The minimum atomic E-state index is -3.51. The molecule has 1 amide bonds. The van der Waals surface area contributed by atoms with Crippen LogP contribution < -0.4 is 9.62 Å². The van der Waals surface area contributed by atoms with Crippen LogP contribution in [0.1, 0.15) is 27.0 Å². The fourth-order valence-electron chi connectivity index (χ4n) is 3.07. The number of nitrogens with one attached hydrogen (secondary N) is 1. The predicted molar refractivity (Wildman–Crippen MR) is 121 cm³/mol. The molecule has 0 radical (unpaired) electrons. The molecule has 7 heteroatoms. The van der Waals surface area contributed by atoms with Gasteiger partial charge in [0, 0.05) is 17.1 Å². The van der Waals surface area contributed by atoms with E-state index in [1.165, 1.54) is 4.31 Å². The smallest absolute Gasteiger partial charge is 0.251 e. The normalized spacial score (nSPS) is 11.2. The average molecular weight is 443 g/mol. The summed E-state index contributed by atoms with van der Waals surface area (Å²) in [4.78, 5) is 12.4. The second kappa shape index (κ2) is 9.32. The van der Waals surface area contributed by atoms with Crippen molar-refractivity contribution in [2.75, 3.05) is 10.6 Å². The molecule has 0 aliphatic heterocycles. The van der Waals surface area contributed by atoms with E-state index in [2.05, 4.69) is 5.32 Å². The first-order valence-electron chi connectivity index (χ1n) is 9.38. The van der Waals surface area contributed by atoms with Crippen LogP contribution in [0.3, 0.4) is 0 Å². The molecule has 30 heavy (non-hydrogen) atoms. The van der Waals surface area contributed by atoms with Gasteiger partial charge in [0.1, 0.15) is 0 Å². The van der Waals surface area contributed by atoms with Gasteiger partial charge in [-0.25, -0.2) is 8.42 Å². The lowest BCUT2D eigenvalue weighted by Crippen LogP contribution is -2.29. The second-order valence-corrected chi connectivity index (χ2v) is 9.46. The number of sulfonamides is 1. The molecule has 0 atom stereocenters. The van der Waals surface area contributed by atoms with Crippen molar-refractivity contribution in [3.63, 3.8) is 0 Å². The first-order chi connectivity index (χ1) is 14.2. The van der Waals surface area contributed by atoms with Gasteiger partial charge < -0.3 is 5.32 Å². The summed E-state index contributed by atoms with van der Waals surface area (Å²) in [6, 6.07) is 21.5. The SMILES string of the molecule is Cc1cccc(CNC(=O)c2ccc(CN(c3cccc(Cl)c3)S(C)(=O)=O)cc2)c1. The molecule has 3 rings (SSSR count). The van der Waals surface area contributed by atoms with Crippen LogP contribution in [-0.4, -0.2) is 20.6 Å². The first-order valence-corrected chi connectivity index (χ1v) is 11.6. The van der Waals surface area contributed by atoms with Gasteiger partial charge >= 0.3 is 0 Å². The van der Waals surface area contributed by atoms with E-state index in [1.807, 2.05) is 31.2 Å². The maximum absolute atomic E-state index is 12.4. The van der Waals surface area contributed by atoms with Crippen molar-refractivity contribution in [1.29, 1.82) is 0 Å². The summed E-state index contributed by atoms with van der Waals surface area (Å²) in [7, 11) is -3.51. The molecule has 0 heterocycles. The van der Waals surface area contributed by atoms with E-state index < -0.39 is 10.0 Å². The van der Waals surface area contributed by atoms with Crippen molar-refractivity contribution >= 4 is 33.2 Å². The van der Waals surface area contributed by atoms with E-state index in [0.717, 1.165) is 22.9 Å². The Kier molecular flexibility index (Phi) is 6.80. The second-order valence-electron chi connectivity index (χ2n) is 7.12. The van der Waals surface area contributed by atoms with Gasteiger partial charge in [-0.2, -0.15) is 0 Å². The molecule has 0 bridgehead atoms. The highest BCUT2D eigenvalue weighted by Crippen LogP contribution is 2.24. The van der Waals surface area contributed by atoms with Crippen LogP contribution in [0.15, 0.2) is 72.8 Å². The van der Waals surface area contributed by atoms with Crippen LogP contribution in [0, 0.1) is 6.92 Å². The number of rotatable bonds is 7. The van der Waals surface area contributed by atoms with Gasteiger partial charge in [-0.05, 0) is 48.4 Å². The quantitative estimate of drug-likeness (QED) is 0.584. The lowest BCUT2D eigenvalue weighted by atomic mass is 10.1. The van der Waals surface area contributed by atoms with E-state index >= 15 is 0 Å². The summed E-state index contributed by atoms with van der Waals surface area (Å²) in [6.07, 6.45) is 1.15. The molecule has 3 aromatic rings. The van der Waals surface area contributed by atoms with Crippen LogP contribution in [0.4, 0.5) is 5.69 Å². The molecule has 0 aliphatic carbocycles. The average Bonchev–Trinajstić information content (AvgIpc) is 2.70. The Morgan fingerprint density at radius 1 is 0.967 bits per heavy atom. The van der Waals surface area contributed by atoms with Crippen molar-refractivity contribution in [1.82, 2.24) is 5.32 Å². The summed E-state index contributed by atoms with van der Waals surface area (Å²) >= 11 is 6.01. The molecule has 0 spiro atoms. The summed E-state index contributed by atoms with van der Waals surface area (Å²) in [5.74, 6) is -0.183. The summed E-state index contributed by atoms with van der Waals surface area (Å²) < 4.78 is 25.9. The molecule has 0 aromatic heterocycles. The van der Waals surface area contributed by atoms with Crippen molar-refractivity contribution in [2.45, 2.75) is 20.0 Å². The topological polar surface area (TPSA) is 66.5 Å². The fourth-order valence-corrected chi connectivity index (χ4v) is 4.13. The summed E-state index contributed by atoms with van der Waals surface area (Å²) in [5, 5.41) is 3.36. The third kappa shape index (κ3) is 5.84. The summed E-state index contributed by atoms with van der Waals surface area (Å²) in [6.45, 7) is 2.59. The number of halogens is 1. The molecule has 0 aliphatic rings. The van der Waals surface area contributed by atoms with Crippen molar-refractivity contribution < 1.29 is 13.2 Å². The number of aryl methyl sites for hydroxylation is 1. The largest absolute Gasteiger partial charge is 0.348 e. The highest BCUT2D eigenvalue weighted by molar-refractivity contribution is 7.92. The molecule has 0 unspecified atom stereocenters. The highest BCUT2D eigenvalue weighted by Gasteiger charge is 2.18. The number of hydrogen-bond acceptors (Lipinski definition) is 3. The Bertz CT molecular complexity index is 1150. The zero-order valence-electron chi connectivity index (χ0n) is 16.8. The minimum Gasteiger partial charge on any atom is -0.348 e. The lowest BCUT2D eigenvalue weighted by molar-refractivity contribution is 0.0951. The molecular weight excluding hydrogens is 420 g/mol. The highest BCUT2D eigenvalue weighted by atomic mass is 35.5. The number of carbonyl (C=O) groups is 1. The number of amides is 1. The van der Waals surface area contributed by atoms with Gasteiger partial charge in [-0.1, -0.05) is 59.6 Å². The standard InChI is InChI=1S/C23H23ClN2O3S/c1-17-5-3-6-19(13-17)15-25-23(27)20-11-9-18(10-12-20)16-26(30(2,28)29)22-8-4-7-21(24)14-22/h3-14H,15-16H2,1-2H3,(H,25,27). The van der Waals surface area contributed by atoms with E-state index in [4.69, 9.17) is 11.6 Å². The van der Waals surface area contributed by atoms with Crippen molar-refractivity contribution in [2.24, 2.45) is 0 Å². The predicted octanol–water partition coefficient (Wildman–Crippen LogP) is 4.54. The maximum Gasteiger partial charge on any atom is 0.251 e. The van der Waals surface area contributed by atoms with Gasteiger partial charge in [0.2, 0.25) is 10.0 Å². The van der Waals surface area contributed by atoms with Crippen LogP contribution in [-0.2, 0) is 23.1 Å². The number of carbonyl (C=O) groups excluding carboxylic acids is 1. The Hall–Kier alpha value is -2.83. The van der Waals surface area contributed by atoms with Gasteiger partial charge in [-0.15, -0.1) is 0 Å². The lowest BCUT2D eigenvalue weighted by Gasteiger charge is -2.22. The zero-order chi connectivity index (χ0) is 21.7. The molecule has 3 aromatic carbocycles. The Morgan fingerprint density at radius 2 is 1.67 bits per heavy atom. The van der Waals surface area contributed by atoms with Crippen LogP contribution >= 0.6 is 11.6 Å². The van der Waals surface area contributed by atoms with Crippen LogP contribution in [0.2, 0.25) is 5.02 Å². The van der Waals surface area contributed by atoms with Crippen LogP contribution in [0.5, 0.6) is 0 Å². The molecule has 0 saturated carbocycles. The molecule has 0 saturated heterocycles. The van der Waals surface area contributed by atoms with Crippen molar-refractivity contribution in [3.05, 3.63) is 100 Å². The van der Waals surface area contributed by atoms with E-state index in [-0.39, 0.29) is 12.5 Å². The van der Waals surface area contributed by atoms with E-state index in [9.17, 15) is 13.2 Å². The minimum absolute atomic E-state index is 0.143. The Morgan fingerprint density at radius 3 is 2.30 bits per heavy atom. The molecule has 0 fully saturated rings. The zero-order valence-corrected chi connectivity index (χ0v) is 18.4. The van der Waals surface area contributed by atoms with E-state index in [0.29, 0.717) is 22.8 Å². The van der Waals surface area contributed by atoms with Gasteiger partial charge in [0.15, 0.2) is 0 Å². The monoisotopic (exact) mass is 442 g/mol. The molecular formula is C23H23ClN2O3S. The third-order valence-corrected chi connectivity index (χ3v) is 5.95. The Labute approximate surface area is 182 Å². The molecule has 5 nitrogen and oxygen atoms in total. The third-order valence-electron chi connectivity index (χ3n) is 4.57.